The molecule has 0 saturated heterocycles. The van der Waals surface area contributed by atoms with Gasteiger partial charge in [0.1, 0.15) is 11.8 Å². The van der Waals surface area contributed by atoms with Gasteiger partial charge >= 0.3 is 0 Å². The van der Waals surface area contributed by atoms with Crippen molar-refractivity contribution in [1.29, 1.82) is 0 Å². The summed E-state index contributed by atoms with van der Waals surface area (Å²) in [5, 5.41) is 10.4. The second-order valence-corrected chi connectivity index (χ2v) is 6.48. The molecule has 0 aliphatic heterocycles. The van der Waals surface area contributed by atoms with E-state index in [1.54, 1.807) is 6.33 Å². The first-order chi connectivity index (χ1) is 9.49. The standard InChI is InChI=1S/C13H22N5OP/c1-3-13(20,4-2)5-9(19)6-18-8-17-10-11(14)15-7-16-12(10)18/h7-9,19H,3-6,20H2,1-2H3,(H2,14,15,16)/t9-/m0/s1. The molecule has 0 aliphatic carbocycles. The van der Waals surface area contributed by atoms with Crippen LogP contribution in [0.3, 0.4) is 0 Å². The highest BCUT2D eigenvalue weighted by molar-refractivity contribution is 7.19. The Morgan fingerprint density at radius 3 is 2.70 bits per heavy atom. The summed E-state index contributed by atoms with van der Waals surface area (Å²) in [7, 11) is 2.88. The number of aliphatic hydroxyl groups excluding tert-OH is 1. The predicted molar refractivity (Wildman–Crippen MR) is 83.4 cm³/mol. The summed E-state index contributed by atoms with van der Waals surface area (Å²) in [6.07, 6.45) is 5.39. The second-order valence-electron chi connectivity index (χ2n) is 5.26. The first-order valence-corrected chi connectivity index (χ1v) is 7.45. The van der Waals surface area contributed by atoms with E-state index in [1.165, 1.54) is 6.33 Å². The topological polar surface area (TPSA) is 89.8 Å². The fourth-order valence-corrected chi connectivity index (χ4v) is 2.60. The van der Waals surface area contributed by atoms with E-state index in [1.807, 2.05) is 4.57 Å². The van der Waals surface area contributed by atoms with Crippen LogP contribution in [-0.2, 0) is 6.54 Å². The third kappa shape index (κ3) is 3.07. The summed E-state index contributed by atoms with van der Waals surface area (Å²) < 4.78 is 1.83. The van der Waals surface area contributed by atoms with Crippen molar-refractivity contribution < 1.29 is 5.11 Å². The van der Waals surface area contributed by atoms with Crippen LogP contribution in [0.1, 0.15) is 33.1 Å². The Bertz CT molecular complexity index is 581. The van der Waals surface area contributed by atoms with E-state index >= 15 is 0 Å². The number of nitrogens with zero attached hydrogens (tertiary/aromatic N) is 4. The maximum Gasteiger partial charge on any atom is 0.165 e. The van der Waals surface area contributed by atoms with Crippen LogP contribution in [0.2, 0.25) is 0 Å². The number of rotatable bonds is 6. The Hall–Kier alpha value is -1.26. The van der Waals surface area contributed by atoms with Gasteiger partial charge in [-0.2, -0.15) is 0 Å². The third-order valence-electron chi connectivity index (χ3n) is 3.89. The van der Waals surface area contributed by atoms with Crippen molar-refractivity contribution >= 4 is 26.2 Å². The van der Waals surface area contributed by atoms with Crippen LogP contribution < -0.4 is 5.73 Å². The molecule has 0 spiro atoms. The van der Waals surface area contributed by atoms with Gasteiger partial charge in [0.15, 0.2) is 11.5 Å². The van der Waals surface area contributed by atoms with Gasteiger partial charge in [0, 0.05) is 0 Å². The van der Waals surface area contributed by atoms with Crippen LogP contribution in [0.4, 0.5) is 5.82 Å². The van der Waals surface area contributed by atoms with Crippen molar-refractivity contribution in [3.63, 3.8) is 0 Å². The monoisotopic (exact) mass is 295 g/mol. The second kappa shape index (κ2) is 6.02. The Balaban J connectivity index is 2.14. The van der Waals surface area contributed by atoms with E-state index in [-0.39, 0.29) is 5.16 Å². The summed E-state index contributed by atoms with van der Waals surface area (Å²) in [6, 6.07) is 0. The number of nitrogens with two attached hydrogens (primary N) is 1. The molecule has 0 radical (unpaired) electrons. The number of aromatic nitrogens is 4. The summed E-state index contributed by atoms with van der Waals surface area (Å²) in [5.74, 6) is 0.366. The number of hydrogen-bond donors (Lipinski definition) is 2. The van der Waals surface area contributed by atoms with Gasteiger partial charge in [0.25, 0.3) is 0 Å². The average Bonchev–Trinajstić information content (AvgIpc) is 2.83. The number of anilines is 1. The van der Waals surface area contributed by atoms with Gasteiger partial charge < -0.3 is 15.4 Å². The largest absolute Gasteiger partial charge is 0.391 e. The molecular weight excluding hydrogens is 273 g/mol. The molecule has 2 aromatic heterocycles. The van der Waals surface area contributed by atoms with E-state index in [4.69, 9.17) is 5.73 Å². The molecular formula is C13H22N5OP. The number of imidazole rings is 1. The van der Waals surface area contributed by atoms with Crippen molar-refractivity contribution in [1.82, 2.24) is 19.5 Å². The molecule has 2 rings (SSSR count). The lowest BCUT2D eigenvalue weighted by atomic mass is 9.94. The van der Waals surface area contributed by atoms with E-state index in [0.717, 1.165) is 19.3 Å². The molecule has 0 bridgehead atoms. The zero-order valence-electron chi connectivity index (χ0n) is 12.0. The molecule has 6 nitrogen and oxygen atoms in total. The van der Waals surface area contributed by atoms with Gasteiger partial charge in [-0.1, -0.05) is 13.8 Å². The highest BCUT2D eigenvalue weighted by Crippen LogP contribution is 2.32. The summed E-state index contributed by atoms with van der Waals surface area (Å²) >= 11 is 0. The molecule has 110 valence electrons. The SMILES string of the molecule is CCC(P)(CC)C[C@H](O)Cn1cnc2c(N)ncnc21. The van der Waals surface area contributed by atoms with Crippen LogP contribution in [0.25, 0.3) is 11.2 Å². The lowest BCUT2D eigenvalue weighted by molar-refractivity contribution is 0.129. The van der Waals surface area contributed by atoms with Crippen LogP contribution in [0, 0.1) is 0 Å². The number of aliphatic hydroxyl groups is 1. The molecule has 0 amide bonds. The van der Waals surface area contributed by atoms with Crippen molar-refractivity contribution in [3.05, 3.63) is 12.7 Å². The molecule has 2 atom stereocenters. The molecule has 2 aromatic rings. The minimum atomic E-state index is -0.444. The molecule has 20 heavy (non-hydrogen) atoms. The van der Waals surface area contributed by atoms with Crippen LogP contribution >= 0.6 is 9.24 Å². The molecule has 7 heteroatoms. The first kappa shape index (κ1) is 15.1. The third-order valence-corrected chi connectivity index (χ3v) is 4.94. The van der Waals surface area contributed by atoms with E-state index in [2.05, 4.69) is 38.0 Å². The van der Waals surface area contributed by atoms with Gasteiger partial charge in [0.2, 0.25) is 0 Å². The summed E-state index contributed by atoms with van der Waals surface area (Å²) in [4.78, 5) is 12.3. The lowest BCUT2D eigenvalue weighted by Crippen LogP contribution is -2.28. The fraction of sp³-hybridized carbons (Fsp3) is 0.615. The van der Waals surface area contributed by atoms with Gasteiger partial charge in [-0.3, -0.25) is 0 Å². The van der Waals surface area contributed by atoms with Gasteiger partial charge in [-0.25, -0.2) is 15.0 Å². The maximum absolute atomic E-state index is 10.3. The van der Waals surface area contributed by atoms with Crippen molar-refractivity contribution in [2.45, 2.75) is 50.9 Å². The van der Waals surface area contributed by atoms with Crippen molar-refractivity contribution in [3.8, 4) is 0 Å². The maximum atomic E-state index is 10.3. The first-order valence-electron chi connectivity index (χ1n) is 6.87. The number of hydrogen-bond acceptors (Lipinski definition) is 5. The smallest absolute Gasteiger partial charge is 0.165 e. The minimum Gasteiger partial charge on any atom is -0.391 e. The predicted octanol–water partition coefficient (Wildman–Crippen LogP) is 1.59. The molecule has 0 fully saturated rings. The average molecular weight is 295 g/mol. The van der Waals surface area contributed by atoms with E-state index < -0.39 is 6.10 Å². The molecule has 0 saturated carbocycles. The Morgan fingerprint density at radius 1 is 1.35 bits per heavy atom. The minimum absolute atomic E-state index is 0.0871. The lowest BCUT2D eigenvalue weighted by Gasteiger charge is -2.29. The molecule has 3 N–H and O–H groups in total. The molecule has 0 aliphatic rings. The van der Waals surface area contributed by atoms with E-state index in [9.17, 15) is 5.11 Å². The Morgan fingerprint density at radius 2 is 2.05 bits per heavy atom. The Labute approximate surface area is 121 Å². The zero-order chi connectivity index (χ0) is 14.8. The number of nitrogen functional groups attached to an aromatic ring is 1. The van der Waals surface area contributed by atoms with Gasteiger partial charge in [-0.05, 0) is 24.4 Å². The summed E-state index contributed by atoms with van der Waals surface area (Å²) in [5.41, 5.74) is 7.00. The molecule has 1 unspecified atom stereocenters. The van der Waals surface area contributed by atoms with Gasteiger partial charge in [-0.15, -0.1) is 9.24 Å². The van der Waals surface area contributed by atoms with Crippen LogP contribution in [0.15, 0.2) is 12.7 Å². The fourth-order valence-electron chi connectivity index (χ4n) is 2.33. The normalized spacial score (nSPS) is 13.8. The quantitative estimate of drug-likeness (QED) is 0.790. The molecule has 0 aromatic carbocycles. The van der Waals surface area contributed by atoms with Crippen molar-refractivity contribution in [2.75, 3.05) is 5.73 Å². The van der Waals surface area contributed by atoms with Gasteiger partial charge in [0.05, 0.1) is 19.0 Å². The Kier molecular flexibility index (Phi) is 4.55. The zero-order valence-corrected chi connectivity index (χ0v) is 13.1. The number of fused-ring (bicyclic) bond motifs is 1. The highest BCUT2D eigenvalue weighted by atomic mass is 31.0. The van der Waals surface area contributed by atoms with Crippen LogP contribution in [-0.4, -0.2) is 35.9 Å². The molecule has 2 heterocycles. The van der Waals surface area contributed by atoms with Crippen molar-refractivity contribution in [2.24, 2.45) is 0 Å². The van der Waals surface area contributed by atoms with Crippen LogP contribution in [0.5, 0.6) is 0 Å². The highest BCUT2D eigenvalue weighted by Gasteiger charge is 2.24. The summed E-state index contributed by atoms with van der Waals surface area (Å²) in [6.45, 7) is 4.75. The van der Waals surface area contributed by atoms with E-state index in [0.29, 0.717) is 23.5 Å².